The van der Waals surface area contributed by atoms with E-state index in [0.717, 1.165) is 12.1 Å². The van der Waals surface area contributed by atoms with Crippen LogP contribution in [-0.4, -0.2) is 4.92 Å². The van der Waals surface area contributed by atoms with Gasteiger partial charge in [0.1, 0.15) is 5.82 Å². The maximum Gasteiger partial charge on any atom is 0.278 e. The number of nitro benzene ring substituents is 1. The maximum atomic E-state index is 13.1. The number of alkyl halides is 1. The van der Waals surface area contributed by atoms with E-state index in [9.17, 15) is 14.5 Å². The molecule has 0 aliphatic heterocycles. The van der Waals surface area contributed by atoms with Gasteiger partial charge in [-0.15, -0.1) is 11.6 Å². The summed E-state index contributed by atoms with van der Waals surface area (Å²) in [5, 5.41) is 18.9. The molecule has 14 heavy (non-hydrogen) atoms. The summed E-state index contributed by atoms with van der Waals surface area (Å²) in [6, 6.07) is 3.55. The molecule has 72 valence electrons. The predicted molar refractivity (Wildman–Crippen MR) is 47.3 cm³/mol. The first-order chi connectivity index (χ1) is 6.60. The molecule has 0 spiro atoms. The predicted octanol–water partition coefficient (Wildman–Crippen LogP) is 2.34. The molecule has 0 aliphatic rings. The zero-order valence-corrected chi connectivity index (χ0v) is 7.58. The monoisotopic (exact) mass is 214 g/mol. The minimum Gasteiger partial charge on any atom is -0.258 e. The van der Waals surface area contributed by atoms with Crippen molar-refractivity contribution in [1.29, 1.82) is 5.26 Å². The van der Waals surface area contributed by atoms with Crippen LogP contribution in [0.1, 0.15) is 11.1 Å². The summed E-state index contributed by atoms with van der Waals surface area (Å²) in [4.78, 5) is 9.71. The quantitative estimate of drug-likeness (QED) is 0.431. The van der Waals surface area contributed by atoms with E-state index in [-0.39, 0.29) is 17.0 Å². The van der Waals surface area contributed by atoms with Crippen LogP contribution < -0.4 is 0 Å². The lowest BCUT2D eigenvalue weighted by Gasteiger charge is -2.00. The lowest BCUT2D eigenvalue weighted by Crippen LogP contribution is -1.98. The van der Waals surface area contributed by atoms with Crippen LogP contribution in [0, 0.1) is 27.3 Å². The summed E-state index contributed by atoms with van der Waals surface area (Å²) in [5.74, 6) is -1.13. The maximum absolute atomic E-state index is 13.1. The first-order valence-electron chi connectivity index (χ1n) is 3.53. The van der Waals surface area contributed by atoms with Crippen molar-refractivity contribution in [2.45, 2.75) is 5.88 Å². The lowest BCUT2D eigenvalue weighted by molar-refractivity contribution is -0.385. The van der Waals surface area contributed by atoms with E-state index in [1.807, 2.05) is 0 Å². The molecule has 0 heterocycles. The number of rotatable bonds is 2. The van der Waals surface area contributed by atoms with Gasteiger partial charge in [0, 0.05) is 6.07 Å². The Labute approximate surface area is 83.7 Å². The molecule has 0 fully saturated rings. The van der Waals surface area contributed by atoms with Crippen LogP contribution in [0.2, 0.25) is 0 Å². The number of hydrogen-bond acceptors (Lipinski definition) is 3. The molecule has 0 amide bonds. The fourth-order valence-corrected chi connectivity index (χ4v) is 1.25. The molecule has 1 rings (SSSR count). The minimum absolute atomic E-state index is 0.0944. The first kappa shape index (κ1) is 10.4. The normalized spacial score (nSPS) is 9.50. The van der Waals surface area contributed by atoms with Gasteiger partial charge in [0.05, 0.1) is 28.0 Å². The SMILES string of the molecule is N#Cc1cc(F)c(CCl)c([N+](=O)[O-])c1. The molecule has 0 saturated carbocycles. The molecule has 4 nitrogen and oxygen atoms in total. The molecule has 0 aliphatic carbocycles. The van der Waals surface area contributed by atoms with E-state index in [0.29, 0.717) is 0 Å². The summed E-state index contributed by atoms with van der Waals surface area (Å²) in [6.07, 6.45) is 0. The van der Waals surface area contributed by atoms with E-state index in [1.54, 1.807) is 6.07 Å². The van der Waals surface area contributed by atoms with Gasteiger partial charge in [0.2, 0.25) is 0 Å². The van der Waals surface area contributed by atoms with E-state index in [4.69, 9.17) is 16.9 Å². The second-order valence-corrected chi connectivity index (χ2v) is 2.73. The van der Waals surface area contributed by atoms with Gasteiger partial charge in [-0.3, -0.25) is 10.1 Å². The van der Waals surface area contributed by atoms with Crippen molar-refractivity contribution >= 4 is 17.3 Å². The molecule has 0 aromatic heterocycles. The molecule has 0 unspecified atom stereocenters. The molecule has 1 aromatic rings. The second-order valence-electron chi connectivity index (χ2n) is 2.46. The Hall–Kier alpha value is -1.67. The fraction of sp³-hybridized carbons (Fsp3) is 0.125. The van der Waals surface area contributed by atoms with Gasteiger partial charge in [-0.25, -0.2) is 4.39 Å². The van der Waals surface area contributed by atoms with E-state index in [1.165, 1.54) is 0 Å². The van der Waals surface area contributed by atoms with Crippen molar-refractivity contribution in [2.75, 3.05) is 0 Å². The fourth-order valence-electron chi connectivity index (χ4n) is 0.982. The van der Waals surface area contributed by atoms with Gasteiger partial charge in [-0.2, -0.15) is 5.26 Å². The summed E-state index contributed by atoms with van der Waals surface area (Å²) in [7, 11) is 0. The van der Waals surface area contributed by atoms with Gasteiger partial charge in [-0.1, -0.05) is 0 Å². The van der Waals surface area contributed by atoms with Crippen LogP contribution in [-0.2, 0) is 5.88 Å². The van der Waals surface area contributed by atoms with Gasteiger partial charge >= 0.3 is 0 Å². The number of nitro groups is 1. The third kappa shape index (κ3) is 1.80. The molecule has 6 heteroatoms. The topological polar surface area (TPSA) is 66.9 Å². The number of nitrogens with zero attached hydrogens (tertiary/aromatic N) is 2. The number of halogens is 2. The van der Waals surface area contributed by atoms with Crippen molar-refractivity contribution in [3.8, 4) is 6.07 Å². The van der Waals surface area contributed by atoms with Gasteiger partial charge in [0.25, 0.3) is 5.69 Å². The number of hydrogen-bond donors (Lipinski definition) is 0. The van der Waals surface area contributed by atoms with Crippen molar-refractivity contribution in [1.82, 2.24) is 0 Å². The van der Waals surface area contributed by atoms with Crippen LogP contribution in [0.25, 0.3) is 0 Å². The Bertz CT molecular complexity index is 428. The average molecular weight is 215 g/mol. The largest absolute Gasteiger partial charge is 0.278 e. The third-order valence-corrected chi connectivity index (χ3v) is 1.90. The summed E-state index contributed by atoms with van der Waals surface area (Å²) >= 11 is 5.35. The molecular formula is C8H4ClFN2O2. The van der Waals surface area contributed by atoms with Gasteiger partial charge in [-0.05, 0) is 6.07 Å². The highest BCUT2D eigenvalue weighted by Gasteiger charge is 2.18. The standard InChI is InChI=1S/C8H4ClFN2O2/c9-3-6-7(10)1-5(4-11)2-8(6)12(13)14/h1-2H,3H2. The molecule has 0 saturated heterocycles. The molecule has 0 atom stereocenters. The van der Waals surface area contributed by atoms with Crippen molar-refractivity contribution in [3.63, 3.8) is 0 Å². The lowest BCUT2D eigenvalue weighted by atomic mass is 10.1. The molecule has 0 N–H and O–H groups in total. The third-order valence-electron chi connectivity index (χ3n) is 1.63. The van der Waals surface area contributed by atoms with Crippen LogP contribution in [0.15, 0.2) is 12.1 Å². The molecule has 0 radical (unpaired) electrons. The van der Waals surface area contributed by atoms with Crippen LogP contribution in [0.4, 0.5) is 10.1 Å². The van der Waals surface area contributed by atoms with Gasteiger partial charge in [0.15, 0.2) is 0 Å². The second kappa shape index (κ2) is 4.03. The average Bonchev–Trinajstić information content (AvgIpc) is 2.16. The van der Waals surface area contributed by atoms with E-state index < -0.39 is 16.4 Å². The van der Waals surface area contributed by atoms with Crippen molar-refractivity contribution in [3.05, 3.63) is 39.2 Å². The van der Waals surface area contributed by atoms with Gasteiger partial charge < -0.3 is 0 Å². The Morgan fingerprint density at radius 2 is 2.29 bits per heavy atom. The number of nitriles is 1. The Kier molecular flexibility index (Phi) is 2.99. The highest BCUT2D eigenvalue weighted by atomic mass is 35.5. The highest BCUT2D eigenvalue weighted by molar-refractivity contribution is 6.17. The van der Waals surface area contributed by atoms with E-state index >= 15 is 0 Å². The van der Waals surface area contributed by atoms with E-state index in [2.05, 4.69) is 0 Å². The smallest absolute Gasteiger partial charge is 0.258 e. The minimum atomic E-state index is -0.828. The Morgan fingerprint density at radius 1 is 1.64 bits per heavy atom. The number of benzene rings is 1. The zero-order valence-electron chi connectivity index (χ0n) is 6.83. The van der Waals surface area contributed by atoms with Crippen LogP contribution in [0.5, 0.6) is 0 Å². The highest BCUT2D eigenvalue weighted by Crippen LogP contribution is 2.24. The van der Waals surface area contributed by atoms with Crippen LogP contribution >= 0.6 is 11.6 Å². The zero-order chi connectivity index (χ0) is 10.7. The van der Waals surface area contributed by atoms with Crippen LogP contribution in [0.3, 0.4) is 0 Å². The molecule has 1 aromatic carbocycles. The Balaban J connectivity index is 3.45. The first-order valence-corrected chi connectivity index (χ1v) is 4.06. The Morgan fingerprint density at radius 3 is 2.71 bits per heavy atom. The van der Waals surface area contributed by atoms with Crippen molar-refractivity contribution in [2.24, 2.45) is 0 Å². The summed E-state index contributed by atoms with van der Waals surface area (Å²) in [5.41, 5.74) is -0.754. The molecular weight excluding hydrogens is 211 g/mol. The molecule has 0 bridgehead atoms. The summed E-state index contributed by atoms with van der Waals surface area (Å²) < 4.78 is 13.1. The summed E-state index contributed by atoms with van der Waals surface area (Å²) in [6.45, 7) is 0. The van der Waals surface area contributed by atoms with Crippen molar-refractivity contribution < 1.29 is 9.31 Å².